The summed E-state index contributed by atoms with van der Waals surface area (Å²) in [5, 5.41) is 18.3. The largest absolute Gasteiger partial charge is 0.496 e. The summed E-state index contributed by atoms with van der Waals surface area (Å²) in [6.45, 7) is 3.62. The second kappa shape index (κ2) is 4.31. The molecule has 1 atom stereocenters. The molecule has 0 aliphatic carbocycles. The number of methoxy groups -OCH3 is 1. The van der Waals surface area contributed by atoms with E-state index in [1.165, 1.54) is 7.11 Å². The second-order valence-electron chi connectivity index (χ2n) is 3.36. The van der Waals surface area contributed by atoms with Gasteiger partial charge in [0.25, 0.3) is 0 Å². The van der Waals surface area contributed by atoms with E-state index in [1.807, 2.05) is 13.0 Å². The lowest BCUT2D eigenvalue weighted by Crippen LogP contribution is -2.13. The Labute approximate surface area is 88.1 Å². The molecule has 0 aliphatic rings. The first-order valence-electron chi connectivity index (χ1n) is 4.54. The third-order valence-corrected chi connectivity index (χ3v) is 2.47. The van der Waals surface area contributed by atoms with Crippen LogP contribution in [0, 0.1) is 13.8 Å². The summed E-state index contributed by atoms with van der Waals surface area (Å²) in [6.07, 6.45) is -1.54. The number of hydrogen-bond donors (Lipinski definition) is 2. The molecular weight excluding hydrogens is 196 g/mol. The number of aliphatic hydroxyl groups is 1. The first kappa shape index (κ1) is 11.5. The molecule has 1 aromatic carbocycles. The lowest BCUT2D eigenvalue weighted by molar-refractivity contribution is -0.147. The van der Waals surface area contributed by atoms with E-state index in [0.717, 1.165) is 11.1 Å². The van der Waals surface area contributed by atoms with E-state index in [4.69, 9.17) is 9.84 Å². The van der Waals surface area contributed by atoms with Crippen LogP contribution in [0.15, 0.2) is 12.1 Å². The van der Waals surface area contributed by atoms with Crippen molar-refractivity contribution in [2.24, 2.45) is 0 Å². The van der Waals surface area contributed by atoms with Crippen LogP contribution in [0.2, 0.25) is 0 Å². The molecule has 0 fully saturated rings. The topological polar surface area (TPSA) is 66.8 Å². The SMILES string of the molecule is COc1ccc(C)c(C)c1C(O)C(=O)O. The van der Waals surface area contributed by atoms with Gasteiger partial charge in [0.1, 0.15) is 5.75 Å². The van der Waals surface area contributed by atoms with Crippen molar-refractivity contribution < 1.29 is 19.7 Å². The van der Waals surface area contributed by atoms with Gasteiger partial charge in [0, 0.05) is 5.56 Å². The fraction of sp³-hybridized carbons (Fsp3) is 0.364. The first-order chi connectivity index (χ1) is 6.99. The van der Waals surface area contributed by atoms with Gasteiger partial charge in [-0.3, -0.25) is 0 Å². The molecule has 0 saturated heterocycles. The second-order valence-corrected chi connectivity index (χ2v) is 3.36. The average molecular weight is 210 g/mol. The van der Waals surface area contributed by atoms with E-state index in [0.29, 0.717) is 11.3 Å². The normalized spacial score (nSPS) is 12.3. The number of carboxylic acid groups (broad SMARTS) is 1. The zero-order valence-electron chi connectivity index (χ0n) is 8.94. The molecule has 1 unspecified atom stereocenters. The fourth-order valence-corrected chi connectivity index (χ4v) is 1.45. The van der Waals surface area contributed by atoms with Crippen LogP contribution < -0.4 is 4.74 Å². The van der Waals surface area contributed by atoms with Crippen molar-refractivity contribution in [3.63, 3.8) is 0 Å². The van der Waals surface area contributed by atoms with Crippen LogP contribution in [0.4, 0.5) is 0 Å². The van der Waals surface area contributed by atoms with Gasteiger partial charge in [0.15, 0.2) is 6.10 Å². The molecule has 2 N–H and O–H groups in total. The average Bonchev–Trinajstić information content (AvgIpc) is 2.20. The standard InChI is InChI=1S/C11H14O4/c1-6-4-5-8(15-3)9(7(6)2)10(12)11(13)14/h4-5,10,12H,1-3H3,(H,13,14). The minimum absolute atomic E-state index is 0.324. The molecule has 0 heterocycles. The van der Waals surface area contributed by atoms with E-state index in [2.05, 4.69) is 0 Å². The van der Waals surface area contributed by atoms with Crippen LogP contribution in [0.5, 0.6) is 5.75 Å². The molecule has 4 nitrogen and oxygen atoms in total. The van der Waals surface area contributed by atoms with Crippen molar-refractivity contribution in [3.8, 4) is 5.75 Å². The summed E-state index contributed by atoms with van der Waals surface area (Å²) in [7, 11) is 1.45. The van der Waals surface area contributed by atoms with Gasteiger partial charge in [0.2, 0.25) is 0 Å². The Hall–Kier alpha value is -1.55. The van der Waals surface area contributed by atoms with E-state index >= 15 is 0 Å². The Balaban J connectivity index is 3.35. The highest BCUT2D eigenvalue weighted by molar-refractivity contribution is 5.76. The first-order valence-corrected chi connectivity index (χ1v) is 4.54. The van der Waals surface area contributed by atoms with Crippen LogP contribution in [0.25, 0.3) is 0 Å². The maximum atomic E-state index is 10.7. The molecule has 0 bridgehead atoms. The van der Waals surface area contributed by atoms with Crippen molar-refractivity contribution in [1.82, 2.24) is 0 Å². The molecule has 4 heteroatoms. The van der Waals surface area contributed by atoms with Crippen molar-refractivity contribution in [3.05, 3.63) is 28.8 Å². The monoisotopic (exact) mass is 210 g/mol. The molecule has 1 aromatic rings. The zero-order valence-corrected chi connectivity index (χ0v) is 8.94. The lowest BCUT2D eigenvalue weighted by atomic mass is 9.98. The third-order valence-electron chi connectivity index (χ3n) is 2.47. The number of benzene rings is 1. The Morgan fingerprint density at radius 1 is 1.40 bits per heavy atom. The zero-order chi connectivity index (χ0) is 11.6. The molecule has 82 valence electrons. The van der Waals surface area contributed by atoms with Gasteiger partial charge in [-0.05, 0) is 31.0 Å². The summed E-state index contributed by atoms with van der Waals surface area (Å²) >= 11 is 0. The molecule has 1 rings (SSSR count). The third kappa shape index (κ3) is 2.10. The number of aliphatic carboxylic acids is 1. The Morgan fingerprint density at radius 3 is 2.47 bits per heavy atom. The minimum Gasteiger partial charge on any atom is -0.496 e. The highest BCUT2D eigenvalue weighted by Crippen LogP contribution is 2.30. The number of aliphatic hydroxyl groups excluding tert-OH is 1. The van der Waals surface area contributed by atoms with E-state index in [1.54, 1.807) is 13.0 Å². The van der Waals surface area contributed by atoms with Gasteiger partial charge >= 0.3 is 5.97 Å². The van der Waals surface area contributed by atoms with Gasteiger partial charge in [-0.15, -0.1) is 0 Å². The predicted molar refractivity (Wildman–Crippen MR) is 55.1 cm³/mol. The van der Waals surface area contributed by atoms with Crippen molar-refractivity contribution in [1.29, 1.82) is 0 Å². The summed E-state index contributed by atoms with van der Waals surface area (Å²) in [4.78, 5) is 10.7. The summed E-state index contributed by atoms with van der Waals surface area (Å²) in [5.74, 6) is -0.880. The van der Waals surface area contributed by atoms with Crippen LogP contribution in [0.3, 0.4) is 0 Å². The Bertz CT molecular complexity index is 384. The quantitative estimate of drug-likeness (QED) is 0.792. The van der Waals surface area contributed by atoms with Crippen LogP contribution in [-0.2, 0) is 4.79 Å². The van der Waals surface area contributed by atoms with Gasteiger partial charge in [0.05, 0.1) is 7.11 Å². The van der Waals surface area contributed by atoms with Gasteiger partial charge in [-0.2, -0.15) is 0 Å². The van der Waals surface area contributed by atoms with Gasteiger partial charge < -0.3 is 14.9 Å². The van der Waals surface area contributed by atoms with Crippen molar-refractivity contribution >= 4 is 5.97 Å². The summed E-state index contributed by atoms with van der Waals surface area (Å²) in [6, 6.07) is 3.48. The molecule has 15 heavy (non-hydrogen) atoms. The predicted octanol–water partition coefficient (Wildman–Crippen LogP) is 1.43. The Kier molecular flexibility index (Phi) is 3.31. The van der Waals surface area contributed by atoms with Crippen molar-refractivity contribution in [2.75, 3.05) is 7.11 Å². The molecule has 0 saturated carbocycles. The number of ether oxygens (including phenoxy) is 1. The van der Waals surface area contributed by atoms with Crippen LogP contribution >= 0.6 is 0 Å². The molecule has 0 aliphatic heterocycles. The maximum absolute atomic E-state index is 10.7. The Morgan fingerprint density at radius 2 is 2.00 bits per heavy atom. The lowest BCUT2D eigenvalue weighted by Gasteiger charge is -2.15. The van der Waals surface area contributed by atoms with Gasteiger partial charge in [-0.25, -0.2) is 4.79 Å². The number of hydrogen-bond acceptors (Lipinski definition) is 3. The van der Waals surface area contributed by atoms with E-state index < -0.39 is 12.1 Å². The smallest absolute Gasteiger partial charge is 0.337 e. The van der Waals surface area contributed by atoms with E-state index in [-0.39, 0.29) is 0 Å². The van der Waals surface area contributed by atoms with Crippen LogP contribution in [-0.4, -0.2) is 23.3 Å². The molecule has 0 spiro atoms. The number of aryl methyl sites for hydroxylation is 1. The maximum Gasteiger partial charge on any atom is 0.337 e. The van der Waals surface area contributed by atoms with Crippen molar-refractivity contribution in [2.45, 2.75) is 20.0 Å². The number of rotatable bonds is 3. The highest BCUT2D eigenvalue weighted by atomic mass is 16.5. The summed E-state index contributed by atoms with van der Waals surface area (Å²) < 4.78 is 5.03. The molecule has 0 amide bonds. The molecule has 0 radical (unpaired) electrons. The molecule has 0 aromatic heterocycles. The summed E-state index contributed by atoms with van der Waals surface area (Å²) in [5.41, 5.74) is 1.99. The van der Waals surface area contributed by atoms with E-state index in [9.17, 15) is 9.90 Å². The van der Waals surface area contributed by atoms with Gasteiger partial charge in [-0.1, -0.05) is 6.07 Å². The highest BCUT2D eigenvalue weighted by Gasteiger charge is 2.23. The number of carbonyl (C=O) groups is 1. The number of carboxylic acids is 1. The van der Waals surface area contributed by atoms with Crippen LogP contribution in [0.1, 0.15) is 22.8 Å². The molecular formula is C11H14O4. The minimum atomic E-state index is -1.54. The fourth-order valence-electron chi connectivity index (χ4n) is 1.45.